The number of hydrogen-bond acceptors (Lipinski definition) is 3. The minimum Gasteiger partial charge on any atom is -0.399 e. The summed E-state index contributed by atoms with van der Waals surface area (Å²) in [6, 6.07) is 6.26. The summed E-state index contributed by atoms with van der Waals surface area (Å²) < 4.78 is 6.37. The lowest BCUT2D eigenvalue weighted by molar-refractivity contribution is 0.210. The molecule has 1 aromatic carbocycles. The molecule has 2 N–H and O–H groups in total. The van der Waals surface area contributed by atoms with Crippen molar-refractivity contribution in [1.29, 1.82) is 0 Å². The second-order valence-corrected chi connectivity index (χ2v) is 5.92. The molecule has 18 heavy (non-hydrogen) atoms. The Labute approximate surface area is 122 Å². The molecule has 1 aromatic rings. The highest BCUT2D eigenvalue weighted by Crippen LogP contribution is 2.18. The fraction of sp³-hybridized carbons (Fsp3) is 0.429. The van der Waals surface area contributed by atoms with Crippen LogP contribution in [0.2, 0.25) is 0 Å². The van der Waals surface area contributed by atoms with Gasteiger partial charge in [-0.25, -0.2) is 0 Å². The van der Waals surface area contributed by atoms with Crippen molar-refractivity contribution in [2.24, 2.45) is 0 Å². The normalized spacial score (nSPS) is 16.7. The second-order valence-electron chi connectivity index (χ2n) is 4.67. The number of methoxy groups -OCH3 is 1. The summed E-state index contributed by atoms with van der Waals surface area (Å²) in [5.41, 5.74) is 9.43. The van der Waals surface area contributed by atoms with E-state index in [2.05, 4.69) is 45.7 Å². The van der Waals surface area contributed by atoms with Crippen LogP contribution in [0, 0.1) is 3.57 Å². The first-order valence-electron chi connectivity index (χ1n) is 6.11. The third-order valence-electron chi connectivity index (χ3n) is 3.10. The summed E-state index contributed by atoms with van der Waals surface area (Å²) in [6.07, 6.45) is 3.39. The predicted molar refractivity (Wildman–Crippen MR) is 83.4 cm³/mol. The fourth-order valence-electron chi connectivity index (χ4n) is 2.24. The standard InChI is InChI=1S/C14H19IN2O/c1-18-10-11-2-4-17(5-3-11)9-12-6-13(15)8-14(16)7-12/h2,6-8H,3-5,9-10,16H2,1H3. The lowest BCUT2D eigenvalue weighted by Gasteiger charge is -2.26. The van der Waals surface area contributed by atoms with Gasteiger partial charge in [-0.1, -0.05) is 6.08 Å². The van der Waals surface area contributed by atoms with Gasteiger partial charge >= 0.3 is 0 Å². The van der Waals surface area contributed by atoms with E-state index in [1.807, 2.05) is 6.07 Å². The van der Waals surface area contributed by atoms with Crippen LogP contribution < -0.4 is 5.73 Å². The number of benzene rings is 1. The van der Waals surface area contributed by atoms with Crippen LogP contribution >= 0.6 is 22.6 Å². The summed E-state index contributed by atoms with van der Waals surface area (Å²) in [7, 11) is 1.75. The Kier molecular flexibility index (Phi) is 5.03. The number of nitrogens with two attached hydrogens (primary N) is 1. The number of hydrogen-bond donors (Lipinski definition) is 1. The highest BCUT2D eigenvalue weighted by Gasteiger charge is 2.12. The zero-order valence-electron chi connectivity index (χ0n) is 10.7. The highest BCUT2D eigenvalue weighted by molar-refractivity contribution is 14.1. The number of rotatable bonds is 4. The molecule has 1 aliphatic rings. The van der Waals surface area contributed by atoms with Crippen molar-refractivity contribution in [2.75, 3.05) is 32.5 Å². The van der Waals surface area contributed by atoms with Crippen LogP contribution in [0.25, 0.3) is 0 Å². The predicted octanol–water partition coefficient (Wildman–Crippen LogP) is 2.65. The van der Waals surface area contributed by atoms with Crippen molar-refractivity contribution < 1.29 is 4.74 Å². The molecule has 4 heteroatoms. The lowest BCUT2D eigenvalue weighted by atomic mass is 10.1. The van der Waals surface area contributed by atoms with E-state index < -0.39 is 0 Å². The first kappa shape index (κ1) is 13.8. The molecule has 2 rings (SSSR count). The van der Waals surface area contributed by atoms with Crippen LogP contribution in [0.1, 0.15) is 12.0 Å². The third kappa shape index (κ3) is 3.96. The van der Waals surface area contributed by atoms with Gasteiger partial charge in [0.1, 0.15) is 0 Å². The fourth-order valence-corrected chi connectivity index (χ4v) is 3.00. The van der Waals surface area contributed by atoms with Crippen LogP contribution in [0.4, 0.5) is 5.69 Å². The number of anilines is 1. The van der Waals surface area contributed by atoms with E-state index in [-0.39, 0.29) is 0 Å². The van der Waals surface area contributed by atoms with Gasteiger partial charge in [-0.05, 0) is 58.3 Å². The summed E-state index contributed by atoms with van der Waals surface area (Å²) in [4.78, 5) is 2.43. The zero-order valence-corrected chi connectivity index (χ0v) is 12.8. The van der Waals surface area contributed by atoms with E-state index in [0.29, 0.717) is 0 Å². The Morgan fingerprint density at radius 3 is 2.83 bits per heavy atom. The van der Waals surface area contributed by atoms with E-state index in [1.165, 1.54) is 14.7 Å². The molecule has 0 unspecified atom stereocenters. The minimum absolute atomic E-state index is 0.768. The van der Waals surface area contributed by atoms with Gasteiger partial charge in [-0.15, -0.1) is 0 Å². The van der Waals surface area contributed by atoms with Crippen LogP contribution in [-0.2, 0) is 11.3 Å². The Bertz CT molecular complexity index is 425. The average Bonchev–Trinajstić information content (AvgIpc) is 2.31. The Morgan fingerprint density at radius 1 is 1.39 bits per heavy atom. The number of nitrogens with zero attached hydrogens (tertiary/aromatic N) is 1. The molecule has 0 amide bonds. The van der Waals surface area contributed by atoms with Crippen LogP contribution in [0.15, 0.2) is 29.8 Å². The van der Waals surface area contributed by atoms with Gasteiger partial charge in [0, 0.05) is 36.0 Å². The van der Waals surface area contributed by atoms with E-state index in [0.717, 1.165) is 38.3 Å². The largest absolute Gasteiger partial charge is 0.399 e. The second kappa shape index (κ2) is 6.54. The van der Waals surface area contributed by atoms with Crippen molar-refractivity contribution in [3.63, 3.8) is 0 Å². The Morgan fingerprint density at radius 2 is 2.22 bits per heavy atom. The summed E-state index contributed by atoms with van der Waals surface area (Å²) >= 11 is 2.31. The van der Waals surface area contributed by atoms with E-state index in [9.17, 15) is 0 Å². The molecule has 1 aliphatic heterocycles. The molecule has 3 nitrogen and oxygen atoms in total. The molecule has 0 saturated carbocycles. The zero-order chi connectivity index (χ0) is 13.0. The van der Waals surface area contributed by atoms with Crippen molar-refractivity contribution in [3.05, 3.63) is 39.0 Å². The molecule has 98 valence electrons. The van der Waals surface area contributed by atoms with Crippen LogP contribution in [0.3, 0.4) is 0 Å². The first-order chi connectivity index (χ1) is 8.67. The Balaban J connectivity index is 1.95. The van der Waals surface area contributed by atoms with Gasteiger partial charge in [0.05, 0.1) is 6.61 Å². The topological polar surface area (TPSA) is 38.5 Å². The minimum atomic E-state index is 0.768. The summed E-state index contributed by atoms with van der Waals surface area (Å²) in [5.74, 6) is 0. The maximum atomic E-state index is 5.87. The molecule has 0 bridgehead atoms. The van der Waals surface area contributed by atoms with E-state index in [4.69, 9.17) is 10.5 Å². The maximum Gasteiger partial charge on any atom is 0.0673 e. The number of nitrogen functional groups attached to an aromatic ring is 1. The summed E-state index contributed by atoms with van der Waals surface area (Å²) in [6.45, 7) is 3.84. The molecule has 0 radical (unpaired) electrons. The first-order valence-corrected chi connectivity index (χ1v) is 7.19. The van der Waals surface area contributed by atoms with Crippen molar-refractivity contribution in [2.45, 2.75) is 13.0 Å². The van der Waals surface area contributed by atoms with Gasteiger partial charge in [-0.3, -0.25) is 4.90 Å². The van der Waals surface area contributed by atoms with Gasteiger partial charge in [0.25, 0.3) is 0 Å². The molecule has 0 saturated heterocycles. The number of ether oxygens (including phenoxy) is 1. The highest BCUT2D eigenvalue weighted by atomic mass is 127. The molecular weight excluding hydrogens is 339 g/mol. The average molecular weight is 358 g/mol. The van der Waals surface area contributed by atoms with Gasteiger partial charge in [0.15, 0.2) is 0 Å². The molecule has 0 aromatic heterocycles. The molecule has 1 heterocycles. The van der Waals surface area contributed by atoms with Crippen molar-refractivity contribution in [3.8, 4) is 0 Å². The van der Waals surface area contributed by atoms with Gasteiger partial charge in [0.2, 0.25) is 0 Å². The summed E-state index contributed by atoms with van der Waals surface area (Å²) in [5, 5.41) is 0. The molecule has 0 spiro atoms. The number of halogens is 1. The molecular formula is C14H19IN2O. The van der Waals surface area contributed by atoms with Crippen molar-refractivity contribution in [1.82, 2.24) is 4.90 Å². The third-order valence-corrected chi connectivity index (χ3v) is 3.73. The molecule has 0 fully saturated rings. The van der Waals surface area contributed by atoms with Gasteiger partial charge in [-0.2, -0.15) is 0 Å². The van der Waals surface area contributed by atoms with Crippen LogP contribution in [-0.4, -0.2) is 31.7 Å². The van der Waals surface area contributed by atoms with Crippen LogP contribution in [0.5, 0.6) is 0 Å². The van der Waals surface area contributed by atoms with Gasteiger partial charge < -0.3 is 10.5 Å². The quantitative estimate of drug-likeness (QED) is 0.511. The molecule has 0 aliphatic carbocycles. The van der Waals surface area contributed by atoms with E-state index >= 15 is 0 Å². The van der Waals surface area contributed by atoms with E-state index in [1.54, 1.807) is 7.11 Å². The van der Waals surface area contributed by atoms with Crippen molar-refractivity contribution >= 4 is 28.3 Å². The monoisotopic (exact) mass is 358 g/mol. The SMILES string of the molecule is COCC1=CCN(Cc2cc(N)cc(I)c2)CC1. The smallest absolute Gasteiger partial charge is 0.0673 e. The Hall–Kier alpha value is -0.590. The maximum absolute atomic E-state index is 5.87. The lowest BCUT2D eigenvalue weighted by Crippen LogP contribution is -2.29. The molecule has 0 atom stereocenters.